The van der Waals surface area contributed by atoms with Crippen LogP contribution in [-0.2, 0) is 14.3 Å². The van der Waals surface area contributed by atoms with E-state index in [-0.39, 0.29) is 10.8 Å². The molecule has 0 aliphatic rings. The summed E-state index contributed by atoms with van der Waals surface area (Å²) in [5, 5.41) is -0.0971. The topological polar surface area (TPSA) is 44.8 Å². The number of esters is 1. The Kier molecular flexibility index (Phi) is 4.84. The van der Waals surface area contributed by atoms with Crippen LogP contribution >= 0.6 is 11.6 Å². The molecule has 0 unspecified atom stereocenters. The summed E-state index contributed by atoms with van der Waals surface area (Å²) in [5.41, 5.74) is 0.670. The summed E-state index contributed by atoms with van der Waals surface area (Å²) in [6.45, 7) is 0. The minimum atomic E-state index is -0.640. The third-order valence-electron chi connectivity index (χ3n) is 2.12. The van der Waals surface area contributed by atoms with Crippen LogP contribution in [0.15, 0.2) is 29.3 Å². The maximum Gasteiger partial charge on any atom is 0.353 e. The van der Waals surface area contributed by atoms with Gasteiger partial charge in [-0.2, -0.15) is 0 Å². The second-order valence-electron chi connectivity index (χ2n) is 3.07. The first-order chi connectivity index (χ1) is 8.13. The number of halogens is 1. The van der Waals surface area contributed by atoms with Crippen molar-refractivity contribution < 1.29 is 19.0 Å². The van der Waals surface area contributed by atoms with Gasteiger partial charge in [0.15, 0.2) is 10.8 Å². The standard InChI is InChI=1S/C12H13ClO4/c1-15-9-6-4-8(5-7-9)11(16-2)10(13)12(14)17-3/h4-7H,1-3H3/b11-10+. The molecule has 1 rings (SSSR count). The molecule has 17 heavy (non-hydrogen) atoms. The minimum Gasteiger partial charge on any atom is -0.497 e. The van der Waals surface area contributed by atoms with Crippen LogP contribution < -0.4 is 4.74 Å². The average molecular weight is 257 g/mol. The average Bonchev–Trinajstić information content (AvgIpc) is 2.39. The number of hydrogen-bond acceptors (Lipinski definition) is 4. The Balaban J connectivity index is 3.12. The van der Waals surface area contributed by atoms with Crippen LogP contribution in [-0.4, -0.2) is 27.3 Å². The van der Waals surface area contributed by atoms with Crippen molar-refractivity contribution in [2.45, 2.75) is 0 Å². The first-order valence-corrected chi connectivity index (χ1v) is 5.18. The first-order valence-electron chi connectivity index (χ1n) is 4.80. The number of methoxy groups -OCH3 is 3. The van der Waals surface area contributed by atoms with E-state index in [0.717, 1.165) is 0 Å². The second kappa shape index (κ2) is 6.15. The summed E-state index contributed by atoms with van der Waals surface area (Å²) in [7, 11) is 4.26. The molecule has 1 aromatic carbocycles. The summed E-state index contributed by atoms with van der Waals surface area (Å²) in [5.74, 6) is 0.332. The van der Waals surface area contributed by atoms with Gasteiger partial charge in [-0.05, 0) is 24.3 Å². The zero-order chi connectivity index (χ0) is 12.8. The highest BCUT2D eigenvalue weighted by atomic mass is 35.5. The SMILES string of the molecule is COC(=O)/C(Cl)=C(\OC)c1ccc(OC)cc1. The Morgan fingerprint density at radius 2 is 1.65 bits per heavy atom. The zero-order valence-electron chi connectivity index (χ0n) is 9.82. The molecule has 4 nitrogen and oxygen atoms in total. The van der Waals surface area contributed by atoms with Gasteiger partial charge in [0.2, 0.25) is 0 Å². The van der Waals surface area contributed by atoms with E-state index < -0.39 is 5.97 Å². The van der Waals surface area contributed by atoms with Crippen LogP contribution in [0.1, 0.15) is 5.56 Å². The largest absolute Gasteiger partial charge is 0.497 e. The molecule has 0 aliphatic carbocycles. The normalized spacial score (nSPS) is 11.5. The fourth-order valence-corrected chi connectivity index (χ4v) is 1.52. The molecule has 1 aromatic rings. The van der Waals surface area contributed by atoms with Crippen molar-refractivity contribution in [1.82, 2.24) is 0 Å². The highest BCUT2D eigenvalue weighted by molar-refractivity contribution is 6.44. The Morgan fingerprint density at radius 3 is 2.06 bits per heavy atom. The Hall–Kier alpha value is -1.68. The van der Waals surface area contributed by atoms with E-state index in [1.165, 1.54) is 14.2 Å². The van der Waals surface area contributed by atoms with Gasteiger partial charge < -0.3 is 14.2 Å². The van der Waals surface area contributed by atoms with Crippen molar-refractivity contribution in [1.29, 1.82) is 0 Å². The molecule has 5 heteroatoms. The predicted molar refractivity (Wildman–Crippen MR) is 64.8 cm³/mol. The molecule has 0 spiro atoms. The molecule has 0 radical (unpaired) electrons. The monoisotopic (exact) mass is 256 g/mol. The van der Waals surface area contributed by atoms with E-state index in [9.17, 15) is 4.79 Å². The van der Waals surface area contributed by atoms with Crippen LogP contribution in [0.25, 0.3) is 5.76 Å². The lowest BCUT2D eigenvalue weighted by Gasteiger charge is -2.09. The van der Waals surface area contributed by atoms with Crippen molar-refractivity contribution in [3.8, 4) is 5.75 Å². The van der Waals surface area contributed by atoms with E-state index in [2.05, 4.69) is 4.74 Å². The molecular formula is C12H13ClO4. The highest BCUT2D eigenvalue weighted by Crippen LogP contribution is 2.24. The van der Waals surface area contributed by atoms with E-state index in [1.807, 2.05) is 0 Å². The fourth-order valence-electron chi connectivity index (χ4n) is 1.26. The quantitative estimate of drug-likeness (QED) is 0.471. The lowest BCUT2D eigenvalue weighted by molar-refractivity contribution is -0.135. The van der Waals surface area contributed by atoms with Crippen LogP contribution in [0, 0.1) is 0 Å². The molecule has 0 fully saturated rings. The van der Waals surface area contributed by atoms with Gasteiger partial charge in [0, 0.05) is 5.56 Å². The molecule has 0 saturated carbocycles. The van der Waals surface area contributed by atoms with E-state index >= 15 is 0 Å². The highest BCUT2D eigenvalue weighted by Gasteiger charge is 2.16. The Bertz CT molecular complexity index is 423. The van der Waals surface area contributed by atoms with Gasteiger partial charge in [-0.25, -0.2) is 4.79 Å². The minimum absolute atomic E-state index is 0.0971. The lowest BCUT2D eigenvalue weighted by Crippen LogP contribution is -2.04. The van der Waals surface area contributed by atoms with Crippen molar-refractivity contribution in [2.24, 2.45) is 0 Å². The lowest BCUT2D eigenvalue weighted by atomic mass is 10.1. The fraction of sp³-hybridized carbons (Fsp3) is 0.250. The predicted octanol–water partition coefficient (Wildman–Crippen LogP) is 2.42. The molecule has 92 valence electrons. The van der Waals surface area contributed by atoms with Crippen LogP contribution in [0.5, 0.6) is 5.75 Å². The maximum absolute atomic E-state index is 11.3. The summed E-state index contributed by atoms with van der Waals surface area (Å²) < 4.78 is 14.7. The maximum atomic E-state index is 11.3. The summed E-state index contributed by atoms with van der Waals surface area (Å²) in [4.78, 5) is 11.3. The van der Waals surface area contributed by atoms with Gasteiger partial charge in [0.05, 0.1) is 21.3 Å². The van der Waals surface area contributed by atoms with Gasteiger partial charge in [-0.3, -0.25) is 0 Å². The summed E-state index contributed by atoms with van der Waals surface area (Å²) in [6.07, 6.45) is 0. The zero-order valence-corrected chi connectivity index (χ0v) is 10.6. The number of carbonyl (C=O) groups is 1. The molecule has 0 N–H and O–H groups in total. The van der Waals surface area contributed by atoms with Crippen molar-refractivity contribution in [3.63, 3.8) is 0 Å². The van der Waals surface area contributed by atoms with Crippen molar-refractivity contribution in [3.05, 3.63) is 34.9 Å². The Labute approximate surface area is 105 Å². The molecular weight excluding hydrogens is 244 g/mol. The van der Waals surface area contributed by atoms with Crippen LogP contribution in [0.2, 0.25) is 0 Å². The number of ether oxygens (including phenoxy) is 3. The van der Waals surface area contributed by atoms with Gasteiger partial charge in [-0.1, -0.05) is 11.6 Å². The number of hydrogen-bond donors (Lipinski definition) is 0. The molecule has 0 aromatic heterocycles. The van der Waals surface area contributed by atoms with E-state index in [1.54, 1.807) is 31.4 Å². The van der Waals surface area contributed by atoms with Crippen molar-refractivity contribution >= 4 is 23.3 Å². The number of carbonyl (C=O) groups excluding carboxylic acids is 1. The van der Waals surface area contributed by atoms with Gasteiger partial charge >= 0.3 is 5.97 Å². The molecule has 0 heterocycles. The third-order valence-corrected chi connectivity index (χ3v) is 2.45. The van der Waals surface area contributed by atoms with Gasteiger partial charge in [0.25, 0.3) is 0 Å². The number of benzene rings is 1. The molecule has 0 saturated heterocycles. The van der Waals surface area contributed by atoms with Gasteiger partial charge in [0.1, 0.15) is 5.75 Å². The smallest absolute Gasteiger partial charge is 0.353 e. The first kappa shape index (κ1) is 13.4. The molecule has 0 amide bonds. The number of rotatable bonds is 4. The second-order valence-corrected chi connectivity index (χ2v) is 3.45. The van der Waals surface area contributed by atoms with Crippen LogP contribution in [0.3, 0.4) is 0 Å². The van der Waals surface area contributed by atoms with E-state index in [4.69, 9.17) is 21.1 Å². The summed E-state index contributed by atoms with van der Waals surface area (Å²) in [6, 6.07) is 6.97. The summed E-state index contributed by atoms with van der Waals surface area (Å²) >= 11 is 5.85. The molecule has 0 aliphatic heterocycles. The van der Waals surface area contributed by atoms with Crippen molar-refractivity contribution in [2.75, 3.05) is 21.3 Å². The Morgan fingerprint density at radius 1 is 1.06 bits per heavy atom. The van der Waals surface area contributed by atoms with E-state index in [0.29, 0.717) is 11.3 Å². The van der Waals surface area contributed by atoms with Gasteiger partial charge in [-0.15, -0.1) is 0 Å². The molecule has 0 bridgehead atoms. The third kappa shape index (κ3) is 3.14. The van der Waals surface area contributed by atoms with Crippen LogP contribution in [0.4, 0.5) is 0 Å². The molecule has 0 atom stereocenters.